The highest BCUT2D eigenvalue weighted by Gasteiger charge is 2.20. The number of ether oxygens (including phenoxy) is 2. The molecule has 0 aliphatic carbocycles. The molecular weight excluding hydrogens is 332 g/mol. The summed E-state index contributed by atoms with van der Waals surface area (Å²) >= 11 is 0. The predicted molar refractivity (Wildman–Crippen MR) is 92.9 cm³/mol. The molecule has 0 radical (unpaired) electrons. The van der Waals surface area contributed by atoms with E-state index in [4.69, 9.17) is 9.47 Å². The molecule has 136 valence electrons. The Morgan fingerprint density at radius 2 is 1.92 bits per heavy atom. The van der Waals surface area contributed by atoms with Crippen LogP contribution in [0.2, 0.25) is 0 Å². The summed E-state index contributed by atoms with van der Waals surface area (Å²) in [4.78, 5) is 11.7. The van der Waals surface area contributed by atoms with E-state index in [0.29, 0.717) is 12.4 Å². The lowest BCUT2D eigenvalue weighted by molar-refractivity contribution is 0.167. The van der Waals surface area contributed by atoms with Crippen LogP contribution in [0.4, 0.5) is 10.5 Å². The van der Waals surface area contributed by atoms with E-state index in [1.54, 1.807) is 13.8 Å². The first-order valence-electron chi connectivity index (χ1n) is 8.06. The van der Waals surface area contributed by atoms with Crippen LogP contribution in [0.5, 0.6) is 5.75 Å². The Kier molecular flexibility index (Phi) is 8.00. The fraction of sp³-hybridized carbons (Fsp3) is 0.562. The van der Waals surface area contributed by atoms with Crippen LogP contribution < -0.4 is 14.8 Å². The molecule has 1 atom stereocenters. The third-order valence-electron chi connectivity index (χ3n) is 3.15. The van der Waals surface area contributed by atoms with E-state index in [-0.39, 0.29) is 23.2 Å². The third-order valence-corrected chi connectivity index (χ3v) is 4.74. The summed E-state index contributed by atoms with van der Waals surface area (Å²) in [6.45, 7) is 7.88. The van der Waals surface area contributed by atoms with Gasteiger partial charge in [0.1, 0.15) is 5.75 Å². The molecule has 0 spiro atoms. The zero-order valence-corrected chi connectivity index (χ0v) is 15.4. The molecule has 0 aliphatic rings. The monoisotopic (exact) mass is 358 g/mol. The van der Waals surface area contributed by atoms with Crippen molar-refractivity contribution in [3.8, 4) is 5.75 Å². The van der Waals surface area contributed by atoms with Crippen LogP contribution in [-0.2, 0) is 14.8 Å². The van der Waals surface area contributed by atoms with Crippen molar-refractivity contribution in [3.05, 3.63) is 18.2 Å². The van der Waals surface area contributed by atoms with Gasteiger partial charge in [0.05, 0.1) is 23.8 Å². The van der Waals surface area contributed by atoms with Gasteiger partial charge in [0.25, 0.3) is 0 Å². The summed E-state index contributed by atoms with van der Waals surface area (Å²) in [5, 5.41) is 2.51. The van der Waals surface area contributed by atoms with Crippen molar-refractivity contribution in [1.82, 2.24) is 4.72 Å². The maximum absolute atomic E-state index is 12.5. The van der Waals surface area contributed by atoms with Crippen LogP contribution in [-0.4, -0.2) is 33.8 Å². The number of benzene rings is 1. The first-order chi connectivity index (χ1) is 11.3. The standard InChI is InChI=1S/C16H26N2O5S/c1-5-8-12(4)18-24(20,21)13-9-10-15(22-6-2)14(11-13)17-16(19)23-7-3/h9-12,18H,5-8H2,1-4H3,(H,17,19)/t12-/m0/s1. The molecule has 1 rings (SSSR count). The largest absolute Gasteiger partial charge is 0.492 e. The fourth-order valence-corrected chi connectivity index (χ4v) is 3.46. The van der Waals surface area contributed by atoms with Gasteiger partial charge in [0.2, 0.25) is 10.0 Å². The lowest BCUT2D eigenvalue weighted by Crippen LogP contribution is -2.32. The third kappa shape index (κ3) is 6.01. The first kappa shape index (κ1) is 20.2. The Bertz CT molecular complexity index is 646. The van der Waals surface area contributed by atoms with Crippen molar-refractivity contribution in [2.24, 2.45) is 0 Å². The molecule has 0 saturated heterocycles. The number of carbonyl (C=O) groups is 1. The van der Waals surface area contributed by atoms with Gasteiger partial charge in [-0.25, -0.2) is 17.9 Å². The Labute approximate surface area is 143 Å². The Morgan fingerprint density at radius 3 is 2.50 bits per heavy atom. The quantitative estimate of drug-likeness (QED) is 0.707. The molecule has 0 unspecified atom stereocenters. The predicted octanol–water partition coefficient (Wildman–Crippen LogP) is 3.12. The summed E-state index contributed by atoms with van der Waals surface area (Å²) < 4.78 is 37.8. The van der Waals surface area contributed by atoms with Crippen molar-refractivity contribution < 1.29 is 22.7 Å². The Morgan fingerprint density at radius 1 is 1.21 bits per heavy atom. The van der Waals surface area contributed by atoms with Gasteiger partial charge < -0.3 is 9.47 Å². The van der Waals surface area contributed by atoms with Crippen LogP contribution in [0.1, 0.15) is 40.5 Å². The second-order valence-electron chi connectivity index (χ2n) is 5.25. The van der Waals surface area contributed by atoms with Crippen molar-refractivity contribution in [1.29, 1.82) is 0 Å². The van der Waals surface area contributed by atoms with E-state index in [1.165, 1.54) is 18.2 Å². The maximum Gasteiger partial charge on any atom is 0.411 e. The van der Waals surface area contributed by atoms with Gasteiger partial charge in [0.15, 0.2) is 0 Å². The molecule has 2 N–H and O–H groups in total. The molecular formula is C16H26N2O5S. The first-order valence-corrected chi connectivity index (χ1v) is 9.55. The minimum atomic E-state index is -3.68. The molecule has 1 aromatic carbocycles. The van der Waals surface area contributed by atoms with Crippen LogP contribution >= 0.6 is 0 Å². The second-order valence-corrected chi connectivity index (χ2v) is 6.96. The number of amides is 1. The number of anilines is 1. The highest BCUT2D eigenvalue weighted by atomic mass is 32.2. The topological polar surface area (TPSA) is 93.7 Å². The maximum atomic E-state index is 12.5. The Balaban J connectivity index is 3.10. The van der Waals surface area contributed by atoms with Crippen molar-refractivity contribution >= 4 is 21.8 Å². The van der Waals surface area contributed by atoms with Gasteiger partial charge in [-0.3, -0.25) is 5.32 Å². The zero-order valence-electron chi connectivity index (χ0n) is 14.6. The molecule has 0 aromatic heterocycles. The molecule has 0 saturated carbocycles. The molecule has 24 heavy (non-hydrogen) atoms. The number of carbonyl (C=O) groups excluding carboxylic acids is 1. The number of nitrogens with one attached hydrogen (secondary N) is 2. The zero-order chi connectivity index (χ0) is 18.2. The summed E-state index contributed by atoms with van der Waals surface area (Å²) in [6.07, 6.45) is 0.951. The van der Waals surface area contributed by atoms with Crippen molar-refractivity contribution in [2.45, 2.75) is 51.5 Å². The number of hydrogen-bond acceptors (Lipinski definition) is 5. The fourth-order valence-electron chi connectivity index (χ4n) is 2.16. The lowest BCUT2D eigenvalue weighted by Gasteiger charge is -2.16. The van der Waals surface area contributed by atoms with Gasteiger partial charge >= 0.3 is 6.09 Å². The van der Waals surface area contributed by atoms with Gasteiger partial charge in [-0.1, -0.05) is 13.3 Å². The van der Waals surface area contributed by atoms with Crippen molar-refractivity contribution in [2.75, 3.05) is 18.5 Å². The van der Waals surface area contributed by atoms with Gasteiger partial charge in [-0.15, -0.1) is 0 Å². The molecule has 1 aromatic rings. The average Bonchev–Trinajstić information content (AvgIpc) is 2.49. The van der Waals surface area contributed by atoms with E-state index >= 15 is 0 Å². The summed E-state index contributed by atoms with van der Waals surface area (Å²) in [5.74, 6) is 0.381. The highest BCUT2D eigenvalue weighted by molar-refractivity contribution is 7.89. The molecule has 7 nitrogen and oxygen atoms in total. The molecule has 1 amide bonds. The van der Waals surface area contributed by atoms with Gasteiger partial charge in [-0.2, -0.15) is 0 Å². The SMILES string of the molecule is CCC[C@H](C)NS(=O)(=O)c1ccc(OCC)c(NC(=O)OCC)c1. The minimum absolute atomic E-state index is 0.0562. The van der Waals surface area contributed by atoms with E-state index in [9.17, 15) is 13.2 Å². The molecule has 0 fully saturated rings. The van der Waals surface area contributed by atoms with Crippen LogP contribution in [0.3, 0.4) is 0 Å². The van der Waals surface area contributed by atoms with Crippen LogP contribution in [0.25, 0.3) is 0 Å². The molecule has 0 aliphatic heterocycles. The van der Waals surface area contributed by atoms with Crippen LogP contribution in [0, 0.1) is 0 Å². The summed E-state index contributed by atoms with van der Waals surface area (Å²) in [7, 11) is -3.68. The number of hydrogen-bond donors (Lipinski definition) is 2. The number of sulfonamides is 1. The van der Waals surface area contributed by atoms with E-state index in [0.717, 1.165) is 12.8 Å². The number of rotatable bonds is 9. The summed E-state index contributed by atoms with van der Waals surface area (Å²) in [6, 6.07) is 4.16. The molecule has 0 heterocycles. The Hall–Kier alpha value is -1.80. The second kappa shape index (κ2) is 9.48. The van der Waals surface area contributed by atoms with Gasteiger partial charge in [0, 0.05) is 6.04 Å². The normalized spacial score (nSPS) is 12.5. The average molecular weight is 358 g/mol. The van der Waals surface area contributed by atoms with Crippen LogP contribution in [0.15, 0.2) is 23.1 Å². The summed E-state index contributed by atoms with van der Waals surface area (Å²) in [5.41, 5.74) is 0.251. The molecule has 0 bridgehead atoms. The minimum Gasteiger partial charge on any atom is -0.492 e. The highest BCUT2D eigenvalue weighted by Crippen LogP contribution is 2.28. The van der Waals surface area contributed by atoms with E-state index in [1.807, 2.05) is 13.8 Å². The van der Waals surface area contributed by atoms with Gasteiger partial charge in [-0.05, 0) is 45.4 Å². The van der Waals surface area contributed by atoms with E-state index in [2.05, 4.69) is 10.0 Å². The van der Waals surface area contributed by atoms with E-state index < -0.39 is 16.1 Å². The van der Waals surface area contributed by atoms with Crippen molar-refractivity contribution in [3.63, 3.8) is 0 Å². The molecule has 8 heteroatoms. The lowest BCUT2D eigenvalue weighted by atomic mass is 10.2. The smallest absolute Gasteiger partial charge is 0.411 e.